The second kappa shape index (κ2) is 3.98. The Labute approximate surface area is 91.4 Å². The third-order valence-corrected chi connectivity index (χ3v) is 3.02. The number of benzene rings is 1. The third kappa shape index (κ3) is 2.05. The van der Waals surface area contributed by atoms with E-state index in [0.29, 0.717) is 10.7 Å². The second-order valence-corrected chi connectivity index (χ2v) is 4.34. The van der Waals surface area contributed by atoms with Gasteiger partial charge in [-0.15, -0.1) is 11.3 Å². The Bertz CT molecular complexity index is 426. The van der Waals surface area contributed by atoms with Crippen LogP contribution in [0.1, 0.15) is 10.6 Å². The lowest BCUT2D eigenvalue weighted by Crippen LogP contribution is -1.91. The molecule has 0 atom stereocenters. The van der Waals surface area contributed by atoms with Gasteiger partial charge in [-0.05, 0) is 17.7 Å². The molecule has 2 N–H and O–H groups in total. The summed E-state index contributed by atoms with van der Waals surface area (Å²) >= 11 is 7.47. The van der Waals surface area contributed by atoms with Crippen LogP contribution in [0, 0.1) is 0 Å². The summed E-state index contributed by atoms with van der Waals surface area (Å²) in [7, 11) is 0. The van der Waals surface area contributed by atoms with Gasteiger partial charge in [-0.2, -0.15) is 0 Å². The molecular formula is C10H9ClN2S. The van der Waals surface area contributed by atoms with Gasteiger partial charge in [-0.3, -0.25) is 0 Å². The lowest BCUT2D eigenvalue weighted by atomic mass is 10.1. The van der Waals surface area contributed by atoms with Crippen LogP contribution in [0.2, 0.25) is 5.02 Å². The summed E-state index contributed by atoms with van der Waals surface area (Å²) in [4.78, 5) is 4.21. The van der Waals surface area contributed by atoms with Crippen LogP contribution < -0.4 is 5.73 Å². The van der Waals surface area contributed by atoms with E-state index in [1.807, 2.05) is 23.6 Å². The van der Waals surface area contributed by atoms with Crippen LogP contribution >= 0.6 is 22.9 Å². The van der Waals surface area contributed by atoms with Gasteiger partial charge in [0.1, 0.15) is 0 Å². The number of thiazole rings is 1. The Hall–Kier alpha value is -1.06. The number of nitrogens with two attached hydrogens (primary N) is 1. The fraction of sp³-hybridized carbons (Fsp3) is 0.100. The normalized spacial score (nSPS) is 10.4. The van der Waals surface area contributed by atoms with Crippen molar-refractivity contribution in [2.75, 3.05) is 5.73 Å². The third-order valence-electron chi connectivity index (χ3n) is 1.90. The topological polar surface area (TPSA) is 38.9 Å². The minimum absolute atomic E-state index is 0.605. The first-order valence-corrected chi connectivity index (χ1v) is 5.44. The van der Waals surface area contributed by atoms with E-state index in [1.165, 1.54) is 0 Å². The summed E-state index contributed by atoms with van der Waals surface area (Å²) in [6.45, 7) is 0. The van der Waals surface area contributed by atoms with Gasteiger partial charge in [0, 0.05) is 18.0 Å². The van der Waals surface area contributed by atoms with E-state index < -0.39 is 0 Å². The Kier molecular flexibility index (Phi) is 2.70. The molecule has 0 bridgehead atoms. The first-order valence-electron chi connectivity index (χ1n) is 4.18. The first kappa shape index (κ1) is 9.49. The average Bonchev–Trinajstić information content (AvgIpc) is 2.64. The lowest BCUT2D eigenvalue weighted by molar-refractivity contribution is 1.14. The molecule has 0 aliphatic carbocycles. The molecule has 1 aromatic heterocycles. The number of nitrogen functional groups attached to an aromatic ring is 1. The monoisotopic (exact) mass is 224 g/mol. The van der Waals surface area contributed by atoms with Crippen LogP contribution in [0.3, 0.4) is 0 Å². The van der Waals surface area contributed by atoms with Gasteiger partial charge in [0.05, 0.1) is 15.7 Å². The van der Waals surface area contributed by atoms with E-state index in [4.69, 9.17) is 17.3 Å². The molecule has 0 saturated carbocycles. The number of nitrogens with zero attached hydrogens (tertiary/aromatic N) is 1. The summed E-state index contributed by atoms with van der Waals surface area (Å²) in [5.41, 5.74) is 7.47. The molecule has 0 aliphatic rings. The highest BCUT2D eigenvalue weighted by molar-refractivity contribution is 7.09. The Morgan fingerprint density at radius 1 is 1.43 bits per heavy atom. The molecule has 0 saturated heterocycles. The Morgan fingerprint density at radius 3 is 2.93 bits per heavy atom. The molecule has 0 fully saturated rings. The molecule has 0 unspecified atom stereocenters. The number of hydrogen-bond donors (Lipinski definition) is 1. The van der Waals surface area contributed by atoms with Crippen LogP contribution in [0.15, 0.2) is 29.8 Å². The van der Waals surface area contributed by atoms with Crippen LogP contribution in [-0.4, -0.2) is 4.98 Å². The highest BCUT2D eigenvalue weighted by Crippen LogP contribution is 2.21. The molecule has 1 heterocycles. The van der Waals surface area contributed by atoms with Gasteiger partial charge in [-0.1, -0.05) is 17.7 Å². The predicted molar refractivity (Wildman–Crippen MR) is 60.8 cm³/mol. The van der Waals surface area contributed by atoms with Gasteiger partial charge in [0.2, 0.25) is 0 Å². The lowest BCUT2D eigenvalue weighted by Gasteiger charge is -2.01. The zero-order valence-electron chi connectivity index (χ0n) is 7.40. The van der Waals surface area contributed by atoms with Gasteiger partial charge >= 0.3 is 0 Å². The summed E-state index contributed by atoms with van der Waals surface area (Å²) in [5, 5.41) is 3.66. The first-order chi connectivity index (χ1) is 6.75. The molecule has 0 aliphatic heterocycles. The Morgan fingerprint density at radius 2 is 2.29 bits per heavy atom. The van der Waals surface area contributed by atoms with Crippen molar-refractivity contribution in [3.05, 3.63) is 45.4 Å². The van der Waals surface area contributed by atoms with Crippen LogP contribution in [0.5, 0.6) is 0 Å². The van der Waals surface area contributed by atoms with Crippen molar-refractivity contribution in [3.8, 4) is 0 Å². The highest BCUT2D eigenvalue weighted by atomic mass is 35.5. The molecule has 4 heteroatoms. The number of anilines is 1. The average molecular weight is 225 g/mol. The molecule has 72 valence electrons. The summed E-state index contributed by atoms with van der Waals surface area (Å²) < 4.78 is 0. The fourth-order valence-corrected chi connectivity index (χ4v) is 1.99. The van der Waals surface area contributed by atoms with E-state index in [-0.39, 0.29) is 0 Å². The van der Waals surface area contributed by atoms with E-state index in [9.17, 15) is 0 Å². The molecule has 2 rings (SSSR count). The molecular weight excluding hydrogens is 216 g/mol. The van der Waals surface area contributed by atoms with Crippen molar-refractivity contribution in [2.24, 2.45) is 0 Å². The van der Waals surface area contributed by atoms with Gasteiger partial charge in [0.15, 0.2) is 0 Å². The van der Waals surface area contributed by atoms with Crippen molar-refractivity contribution in [3.63, 3.8) is 0 Å². The maximum atomic E-state index is 5.82. The minimum Gasteiger partial charge on any atom is -0.398 e. The maximum absolute atomic E-state index is 5.82. The highest BCUT2D eigenvalue weighted by Gasteiger charge is 2.01. The van der Waals surface area contributed by atoms with Crippen LogP contribution in [0.4, 0.5) is 5.69 Å². The minimum atomic E-state index is 0.605. The van der Waals surface area contributed by atoms with Crippen molar-refractivity contribution in [1.29, 1.82) is 0 Å². The van der Waals surface area contributed by atoms with E-state index in [2.05, 4.69) is 4.98 Å². The standard InChI is InChI=1S/C10H9ClN2S/c11-8-2-1-7(5-9(8)12)6-10-13-3-4-14-10/h1-5H,6,12H2. The van der Waals surface area contributed by atoms with Crippen molar-refractivity contribution >= 4 is 28.6 Å². The molecule has 2 aromatic rings. The second-order valence-electron chi connectivity index (χ2n) is 2.96. The SMILES string of the molecule is Nc1cc(Cc2nccs2)ccc1Cl. The van der Waals surface area contributed by atoms with Gasteiger partial charge in [-0.25, -0.2) is 4.98 Å². The number of halogens is 1. The van der Waals surface area contributed by atoms with Gasteiger partial charge < -0.3 is 5.73 Å². The number of hydrogen-bond acceptors (Lipinski definition) is 3. The zero-order valence-corrected chi connectivity index (χ0v) is 8.98. The predicted octanol–water partition coefficient (Wildman–Crippen LogP) is 2.97. The van der Waals surface area contributed by atoms with Gasteiger partial charge in [0.25, 0.3) is 0 Å². The summed E-state index contributed by atoms with van der Waals surface area (Å²) in [5.74, 6) is 0. The summed E-state index contributed by atoms with van der Waals surface area (Å²) in [6.07, 6.45) is 2.62. The van der Waals surface area contributed by atoms with Crippen molar-refractivity contribution < 1.29 is 0 Å². The van der Waals surface area contributed by atoms with E-state index >= 15 is 0 Å². The van der Waals surface area contributed by atoms with E-state index in [1.54, 1.807) is 17.5 Å². The maximum Gasteiger partial charge on any atom is 0.0968 e. The Balaban J connectivity index is 2.22. The molecule has 1 aromatic carbocycles. The summed E-state index contributed by atoms with van der Waals surface area (Å²) in [6, 6.07) is 5.68. The molecule has 2 nitrogen and oxygen atoms in total. The molecule has 14 heavy (non-hydrogen) atoms. The molecule has 0 radical (unpaired) electrons. The van der Waals surface area contributed by atoms with E-state index in [0.717, 1.165) is 17.0 Å². The van der Waals surface area contributed by atoms with Crippen LogP contribution in [0.25, 0.3) is 0 Å². The number of rotatable bonds is 2. The smallest absolute Gasteiger partial charge is 0.0968 e. The zero-order chi connectivity index (χ0) is 9.97. The van der Waals surface area contributed by atoms with Crippen molar-refractivity contribution in [1.82, 2.24) is 4.98 Å². The number of aromatic nitrogens is 1. The molecule has 0 spiro atoms. The fourth-order valence-electron chi connectivity index (χ4n) is 1.22. The quantitative estimate of drug-likeness (QED) is 0.797. The largest absolute Gasteiger partial charge is 0.398 e. The van der Waals surface area contributed by atoms with Crippen molar-refractivity contribution in [2.45, 2.75) is 6.42 Å². The van der Waals surface area contributed by atoms with Crippen LogP contribution in [-0.2, 0) is 6.42 Å². The molecule has 0 amide bonds.